The van der Waals surface area contributed by atoms with Crippen LogP contribution in [0.3, 0.4) is 0 Å². The molecule has 314 valence electrons. The summed E-state index contributed by atoms with van der Waals surface area (Å²) in [5, 5.41) is 17.5. The highest BCUT2D eigenvalue weighted by atomic mass is 32.2. The number of benzene rings is 1. The molecule has 0 bridgehead atoms. The molecule has 2 N–H and O–H groups in total. The molecule has 2 fully saturated rings. The second-order valence-electron chi connectivity index (χ2n) is 15.9. The van der Waals surface area contributed by atoms with Gasteiger partial charge in [-0.2, -0.15) is 5.26 Å². The molecule has 1 aromatic carbocycles. The van der Waals surface area contributed by atoms with Crippen LogP contribution in [0.25, 0.3) is 0 Å². The standard InChI is InChI=1S/C35H49N5O3S2.C8H9N3OS.H2/c1-5-6-7-25-8-10-26(11-9-25)12-13-31(41)40-20-16-28(17-21-40)39-18-14-27(15-19-39)33(42)38-34-37-23-32(45-34)44-24-30-36-22-29(43-30)35(2,3)4;1-10-8(12)6(5-9)4-7-11-2-3-13-7;/h8-11,22-23,27-28H,5-7,12-21,24H2,1-4H3,(H,37,38,42);2-3,6H,4H2,1H3,(H,10,12);1H. The van der Waals surface area contributed by atoms with E-state index in [0.29, 0.717) is 35.7 Å². The van der Waals surface area contributed by atoms with E-state index in [1.807, 2.05) is 17.6 Å². The SMILES string of the molecule is CCCCc1ccc(CCC(=O)N2CCC(N3CCC(C(=O)Nc4ncc(SCc5ncc(C(C)(C)C)o5)s4)CC3)CC2)cc1.CNC(=O)C(C#N)Cc1nccs1.[HH]. The quantitative estimate of drug-likeness (QED) is 0.112. The molecule has 58 heavy (non-hydrogen) atoms. The van der Waals surface area contributed by atoms with Gasteiger partial charge in [0, 0.05) is 63.4 Å². The number of aromatic nitrogens is 3. The Morgan fingerprint density at radius 1 is 1.02 bits per heavy atom. The number of nitrogens with one attached hydrogen (secondary N) is 2. The van der Waals surface area contributed by atoms with Crippen molar-refractivity contribution in [1.29, 1.82) is 5.26 Å². The number of nitrogens with zero attached hydrogens (tertiary/aromatic N) is 6. The summed E-state index contributed by atoms with van der Waals surface area (Å²) in [5.41, 5.74) is 2.57. The van der Waals surface area contributed by atoms with Crippen molar-refractivity contribution in [2.45, 2.75) is 113 Å². The number of amides is 3. The van der Waals surface area contributed by atoms with E-state index in [1.54, 1.807) is 24.2 Å². The van der Waals surface area contributed by atoms with Gasteiger partial charge in [0.1, 0.15) is 11.7 Å². The number of carbonyl (C=O) groups is 3. The van der Waals surface area contributed by atoms with Gasteiger partial charge in [-0.1, -0.05) is 69.7 Å². The summed E-state index contributed by atoms with van der Waals surface area (Å²) in [6.07, 6.45) is 14.4. The fraction of sp³-hybridized carbons (Fsp3) is 0.558. The maximum absolute atomic E-state index is 13.0. The minimum atomic E-state index is -0.629. The Balaban J connectivity index is 0.000000469. The van der Waals surface area contributed by atoms with Crippen LogP contribution in [0.5, 0.6) is 0 Å². The van der Waals surface area contributed by atoms with Crippen molar-refractivity contribution in [3.8, 4) is 6.07 Å². The maximum Gasteiger partial charge on any atom is 0.237 e. The molecular formula is C43H60N8O4S3. The Labute approximate surface area is 357 Å². The lowest BCUT2D eigenvalue weighted by molar-refractivity contribution is -0.133. The minimum absolute atomic E-state index is 0. The molecule has 5 heterocycles. The van der Waals surface area contributed by atoms with E-state index < -0.39 is 5.92 Å². The first-order valence-corrected chi connectivity index (χ1v) is 23.1. The van der Waals surface area contributed by atoms with Gasteiger partial charge in [-0.15, -0.1) is 23.1 Å². The number of hydrogen-bond acceptors (Lipinski definition) is 12. The highest BCUT2D eigenvalue weighted by molar-refractivity contribution is 8.00. The third-order valence-electron chi connectivity index (χ3n) is 10.6. The van der Waals surface area contributed by atoms with Crippen molar-refractivity contribution < 1.29 is 20.2 Å². The number of hydrogen-bond donors (Lipinski definition) is 2. The summed E-state index contributed by atoms with van der Waals surface area (Å²) in [6.45, 7) is 12.1. The largest absolute Gasteiger partial charge is 0.444 e. The first-order chi connectivity index (χ1) is 27.9. The Morgan fingerprint density at radius 2 is 1.72 bits per heavy atom. The van der Waals surface area contributed by atoms with E-state index in [4.69, 9.17) is 9.68 Å². The van der Waals surface area contributed by atoms with Gasteiger partial charge in [-0.05, 0) is 69.2 Å². The van der Waals surface area contributed by atoms with Gasteiger partial charge in [0.05, 0.1) is 33.4 Å². The molecule has 3 aromatic heterocycles. The van der Waals surface area contributed by atoms with Crippen LogP contribution in [0.15, 0.2) is 56.9 Å². The molecule has 0 saturated carbocycles. The molecule has 0 radical (unpaired) electrons. The summed E-state index contributed by atoms with van der Waals surface area (Å²) in [7, 11) is 1.52. The van der Waals surface area contributed by atoms with Gasteiger partial charge in [-0.3, -0.25) is 14.4 Å². The molecule has 6 rings (SSSR count). The summed E-state index contributed by atoms with van der Waals surface area (Å²) in [4.78, 5) is 54.5. The lowest BCUT2D eigenvalue weighted by atomic mass is 9.92. The molecule has 0 spiro atoms. The number of thiazole rings is 2. The molecule has 2 aliphatic heterocycles. The van der Waals surface area contributed by atoms with Crippen LogP contribution in [0.4, 0.5) is 5.13 Å². The zero-order valence-corrected chi connectivity index (χ0v) is 36.9. The van der Waals surface area contributed by atoms with Crippen molar-refractivity contribution in [3.05, 3.63) is 76.0 Å². The highest BCUT2D eigenvalue weighted by Crippen LogP contribution is 2.33. The number of unbranched alkanes of at least 4 members (excludes halogenated alkanes) is 1. The normalized spacial score (nSPS) is 15.9. The van der Waals surface area contributed by atoms with Gasteiger partial charge in [-0.25, -0.2) is 15.0 Å². The van der Waals surface area contributed by atoms with Crippen LogP contribution in [0.2, 0.25) is 0 Å². The van der Waals surface area contributed by atoms with Gasteiger partial charge >= 0.3 is 0 Å². The van der Waals surface area contributed by atoms with E-state index in [2.05, 4.69) is 87.3 Å². The molecule has 2 saturated heterocycles. The van der Waals surface area contributed by atoms with E-state index in [-0.39, 0.29) is 30.5 Å². The number of rotatable bonds is 15. The number of oxazole rings is 1. The highest BCUT2D eigenvalue weighted by Gasteiger charge is 2.32. The molecule has 3 amide bonds. The van der Waals surface area contributed by atoms with Gasteiger partial charge < -0.3 is 24.9 Å². The summed E-state index contributed by atoms with van der Waals surface area (Å²) >= 11 is 4.57. The maximum atomic E-state index is 13.0. The Hall–Kier alpha value is -4.10. The lowest BCUT2D eigenvalue weighted by Gasteiger charge is -2.41. The van der Waals surface area contributed by atoms with E-state index in [0.717, 1.165) is 79.7 Å². The molecular weight excluding hydrogens is 789 g/mol. The summed E-state index contributed by atoms with van der Waals surface area (Å²) < 4.78 is 6.91. The second-order valence-corrected chi connectivity index (χ2v) is 19.2. The van der Waals surface area contributed by atoms with Crippen molar-refractivity contribution in [2.75, 3.05) is 38.5 Å². The monoisotopic (exact) mass is 848 g/mol. The van der Waals surface area contributed by atoms with Gasteiger partial charge in [0.2, 0.25) is 23.6 Å². The fourth-order valence-corrected chi connectivity index (χ4v) is 9.41. The number of piperidine rings is 2. The average molecular weight is 849 g/mol. The fourth-order valence-electron chi connectivity index (χ4n) is 7.02. The van der Waals surface area contributed by atoms with Crippen LogP contribution in [0.1, 0.15) is 102 Å². The second kappa shape index (κ2) is 22.3. The Morgan fingerprint density at radius 3 is 2.33 bits per heavy atom. The predicted molar refractivity (Wildman–Crippen MR) is 234 cm³/mol. The third kappa shape index (κ3) is 13.7. The molecule has 1 atom stereocenters. The first-order valence-electron chi connectivity index (χ1n) is 20.4. The molecule has 1 unspecified atom stereocenters. The van der Waals surface area contributed by atoms with Gasteiger partial charge in [0.15, 0.2) is 5.13 Å². The number of anilines is 1. The molecule has 12 nitrogen and oxygen atoms in total. The number of thioether (sulfide) groups is 1. The lowest BCUT2D eigenvalue weighted by Crippen LogP contribution is -2.49. The molecule has 4 aromatic rings. The predicted octanol–water partition coefficient (Wildman–Crippen LogP) is 8.16. The number of likely N-dealkylation sites (tertiary alicyclic amines) is 2. The summed E-state index contributed by atoms with van der Waals surface area (Å²) in [6, 6.07) is 11.2. The topological polar surface area (TPSA) is 157 Å². The minimum Gasteiger partial charge on any atom is -0.444 e. The Kier molecular flexibility index (Phi) is 17.3. The zero-order chi connectivity index (χ0) is 41.5. The van der Waals surface area contributed by atoms with Crippen LogP contribution < -0.4 is 10.6 Å². The van der Waals surface area contributed by atoms with Crippen LogP contribution in [0, 0.1) is 23.2 Å². The number of nitriles is 1. The average Bonchev–Trinajstić information content (AvgIpc) is 4.04. The van der Waals surface area contributed by atoms with Crippen LogP contribution in [-0.4, -0.2) is 81.7 Å². The van der Waals surface area contributed by atoms with Crippen molar-refractivity contribution in [2.24, 2.45) is 11.8 Å². The summed E-state index contributed by atoms with van der Waals surface area (Å²) in [5.74, 6) is 1.68. The van der Waals surface area contributed by atoms with Crippen LogP contribution >= 0.6 is 34.4 Å². The van der Waals surface area contributed by atoms with Crippen molar-refractivity contribution in [1.82, 2.24) is 30.1 Å². The molecule has 15 heteroatoms. The van der Waals surface area contributed by atoms with Gasteiger partial charge in [0.25, 0.3) is 0 Å². The first kappa shape index (κ1) is 45.0. The third-order valence-corrected chi connectivity index (χ3v) is 13.5. The Bertz CT molecular complexity index is 1920. The van der Waals surface area contributed by atoms with Crippen molar-refractivity contribution in [3.63, 3.8) is 0 Å². The molecule has 2 aliphatic rings. The number of carbonyl (C=O) groups excluding carboxylic acids is 3. The zero-order valence-electron chi connectivity index (χ0n) is 34.5. The van der Waals surface area contributed by atoms with E-state index in [9.17, 15) is 14.4 Å². The smallest absolute Gasteiger partial charge is 0.237 e. The van der Waals surface area contributed by atoms with E-state index in [1.165, 1.54) is 53.7 Å². The van der Waals surface area contributed by atoms with E-state index >= 15 is 0 Å². The van der Waals surface area contributed by atoms with Crippen LogP contribution in [-0.2, 0) is 44.8 Å². The number of aryl methyl sites for hydroxylation is 2. The van der Waals surface area contributed by atoms with Crippen molar-refractivity contribution >= 4 is 57.3 Å². The molecule has 0 aliphatic carbocycles.